The van der Waals surface area contributed by atoms with Crippen LogP contribution in [0.1, 0.15) is 6.42 Å². The number of benzene rings is 1. The molecule has 3 rings (SSSR count). The molecule has 2 atom stereocenters. The molecule has 17 heavy (non-hydrogen) atoms. The van der Waals surface area contributed by atoms with E-state index in [0.29, 0.717) is 6.04 Å². The van der Waals surface area contributed by atoms with E-state index in [1.807, 2.05) is 0 Å². The van der Waals surface area contributed by atoms with Crippen LogP contribution < -0.4 is 9.64 Å². The first-order chi connectivity index (χ1) is 8.31. The SMILES string of the molecule is COc1ccc(N2CC3CC2CN3CI)cc1. The molecule has 4 heteroatoms. The Hall–Kier alpha value is -0.490. The van der Waals surface area contributed by atoms with Gasteiger partial charge in [0.15, 0.2) is 0 Å². The third-order valence-electron chi connectivity index (χ3n) is 3.91. The largest absolute Gasteiger partial charge is 0.497 e. The minimum Gasteiger partial charge on any atom is -0.497 e. The molecule has 2 unspecified atom stereocenters. The normalized spacial score (nSPS) is 27.8. The van der Waals surface area contributed by atoms with Crippen LogP contribution in [0.5, 0.6) is 5.75 Å². The van der Waals surface area contributed by atoms with Crippen LogP contribution in [0.2, 0.25) is 0 Å². The van der Waals surface area contributed by atoms with Crippen molar-refractivity contribution >= 4 is 28.3 Å². The molecule has 92 valence electrons. The number of halogens is 1. The maximum Gasteiger partial charge on any atom is 0.119 e. The van der Waals surface area contributed by atoms with Gasteiger partial charge in [-0.15, -0.1) is 0 Å². The number of nitrogens with zero attached hydrogens (tertiary/aromatic N) is 2. The number of methoxy groups -OCH3 is 1. The lowest BCUT2D eigenvalue weighted by molar-refractivity contribution is 0.287. The van der Waals surface area contributed by atoms with Gasteiger partial charge >= 0.3 is 0 Å². The standard InChI is InChI=1S/C13H17IN2O/c1-17-13-4-2-10(3-5-13)16-8-11-6-12(16)7-15(11)9-14/h2-5,11-12H,6-9H2,1H3. The fourth-order valence-corrected chi connectivity index (χ4v) is 3.82. The van der Waals surface area contributed by atoms with Gasteiger partial charge in [0.2, 0.25) is 0 Å². The molecule has 0 radical (unpaired) electrons. The minimum atomic E-state index is 0.711. The van der Waals surface area contributed by atoms with Crippen molar-refractivity contribution in [1.29, 1.82) is 0 Å². The van der Waals surface area contributed by atoms with Crippen molar-refractivity contribution in [3.05, 3.63) is 24.3 Å². The van der Waals surface area contributed by atoms with E-state index in [4.69, 9.17) is 4.74 Å². The highest BCUT2D eigenvalue weighted by atomic mass is 127. The number of anilines is 1. The van der Waals surface area contributed by atoms with Crippen molar-refractivity contribution in [2.24, 2.45) is 0 Å². The topological polar surface area (TPSA) is 15.7 Å². The fourth-order valence-electron chi connectivity index (χ4n) is 2.99. The summed E-state index contributed by atoms with van der Waals surface area (Å²) in [6, 6.07) is 9.93. The summed E-state index contributed by atoms with van der Waals surface area (Å²) in [5.41, 5.74) is 1.34. The zero-order valence-corrected chi connectivity index (χ0v) is 12.1. The number of likely N-dealkylation sites (tertiary alicyclic amines) is 1. The van der Waals surface area contributed by atoms with Gasteiger partial charge in [0.05, 0.1) is 11.7 Å². The van der Waals surface area contributed by atoms with E-state index < -0.39 is 0 Å². The number of piperazine rings is 1. The third kappa shape index (κ3) is 2.01. The average molecular weight is 344 g/mol. The molecule has 0 aliphatic carbocycles. The highest BCUT2D eigenvalue weighted by molar-refractivity contribution is 14.1. The van der Waals surface area contributed by atoms with Gasteiger partial charge in [-0.1, -0.05) is 22.6 Å². The second-order valence-electron chi connectivity index (χ2n) is 4.78. The number of alkyl halides is 1. The van der Waals surface area contributed by atoms with Crippen LogP contribution in [0.25, 0.3) is 0 Å². The van der Waals surface area contributed by atoms with Crippen molar-refractivity contribution in [3.63, 3.8) is 0 Å². The maximum absolute atomic E-state index is 5.20. The number of hydrogen-bond donors (Lipinski definition) is 0. The van der Waals surface area contributed by atoms with E-state index in [-0.39, 0.29) is 0 Å². The van der Waals surface area contributed by atoms with Crippen LogP contribution in [0.15, 0.2) is 24.3 Å². The number of fused-ring (bicyclic) bond motifs is 2. The van der Waals surface area contributed by atoms with Crippen LogP contribution in [-0.2, 0) is 0 Å². The van der Waals surface area contributed by atoms with Gasteiger partial charge in [-0.2, -0.15) is 0 Å². The van der Waals surface area contributed by atoms with Gasteiger partial charge in [-0.05, 0) is 30.7 Å². The van der Waals surface area contributed by atoms with Crippen LogP contribution in [-0.4, -0.2) is 41.7 Å². The molecule has 2 aliphatic heterocycles. The van der Waals surface area contributed by atoms with E-state index in [0.717, 1.165) is 16.3 Å². The predicted octanol–water partition coefficient (Wildman–Crippen LogP) is 2.35. The first-order valence-corrected chi connectivity index (χ1v) is 7.55. The summed E-state index contributed by atoms with van der Waals surface area (Å²) in [4.78, 5) is 5.14. The molecule has 0 spiro atoms. The Morgan fingerprint density at radius 3 is 2.53 bits per heavy atom. The lowest BCUT2D eigenvalue weighted by Crippen LogP contribution is -2.45. The molecule has 1 aromatic carbocycles. The zero-order valence-electron chi connectivity index (χ0n) is 9.97. The molecule has 2 heterocycles. The number of rotatable bonds is 3. The Balaban J connectivity index is 1.74. The molecule has 3 nitrogen and oxygen atoms in total. The fraction of sp³-hybridized carbons (Fsp3) is 0.538. The summed E-state index contributed by atoms with van der Waals surface area (Å²) in [6.45, 7) is 2.40. The lowest BCUT2D eigenvalue weighted by atomic mass is 10.2. The van der Waals surface area contributed by atoms with E-state index in [1.165, 1.54) is 25.2 Å². The van der Waals surface area contributed by atoms with Crippen molar-refractivity contribution in [2.75, 3.05) is 29.7 Å². The molecule has 0 amide bonds. The summed E-state index contributed by atoms with van der Waals surface area (Å²) in [5, 5.41) is 0. The molecule has 2 bridgehead atoms. The van der Waals surface area contributed by atoms with Crippen molar-refractivity contribution in [1.82, 2.24) is 4.90 Å². The molecular weight excluding hydrogens is 327 g/mol. The summed E-state index contributed by atoms with van der Waals surface area (Å²) in [6.07, 6.45) is 1.33. The molecule has 2 aliphatic rings. The van der Waals surface area contributed by atoms with Crippen molar-refractivity contribution in [3.8, 4) is 5.75 Å². The minimum absolute atomic E-state index is 0.711. The van der Waals surface area contributed by atoms with E-state index in [2.05, 4.69) is 56.7 Å². The number of ether oxygens (including phenoxy) is 1. The molecule has 0 saturated carbocycles. The lowest BCUT2D eigenvalue weighted by Gasteiger charge is -2.34. The van der Waals surface area contributed by atoms with Gasteiger partial charge < -0.3 is 9.64 Å². The van der Waals surface area contributed by atoms with E-state index in [1.54, 1.807) is 7.11 Å². The van der Waals surface area contributed by atoms with Crippen LogP contribution in [0.3, 0.4) is 0 Å². The molecule has 2 fully saturated rings. The first-order valence-electron chi connectivity index (χ1n) is 6.02. The predicted molar refractivity (Wildman–Crippen MR) is 78.1 cm³/mol. The Morgan fingerprint density at radius 2 is 2.00 bits per heavy atom. The van der Waals surface area contributed by atoms with Crippen LogP contribution in [0, 0.1) is 0 Å². The van der Waals surface area contributed by atoms with Gasteiger partial charge in [0, 0.05) is 30.9 Å². The number of hydrogen-bond acceptors (Lipinski definition) is 3. The summed E-state index contributed by atoms with van der Waals surface area (Å²) in [7, 11) is 1.71. The molecule has 2 saturated heterocycles. The van der Waals surface area contributed by atoms with E-state index in [9.17, 15) is 0 Å². The van der Waals surface area contributed by atoms with Crippen LogP contribution in [0.4, 0.5) is 5.69 Å². The Bertz CT molecular complexity index is 395. The second kappa shape index (κ2) is 4.65. The molecule has 0 aromatic heterocycles. The zero-order chi connectivity index (χ0) is 11.8. The first kappa shape index (κ1) is 11.6. The van der Waals surface area contributed by atoms with E-state index >= 15 is 0 Å². The third-order valence-corrected chi connectivity index (χ3v) is 4.79. The van der Waals surface area contributed by atoms with Gasteiger partial charge in [0.1, 0.15) is 5.75 Å². The highest BCUT2D eigenvalue weighted by Gasteiger charge is 2.42. The second-order valence-corrected chi connectivity index (χ2v) is 5.47. The Morgan fingerprint density at radius 1 is 1.24 bits per heavy atom. The Kier molecular flexibility index (Phi) is 3.17. The van der Waals surface area contributed by atoms with Gasteiger partial charge in [-0.3, -0.25) is 4.90 Å². The van der Waals surface area contributed by atoms with Crippen LogP contribution >= 0.6 is 22.6 Å². The maximum atomic E-state index is 5.20. The quantitative estimate of drug-likeness (QED) is 0.476. The molecular formula is C13H17IN2O. The van der Waals surface area contributed by atoms with Gasteiger partial charge in [0.25, 0.3) is 0 Å². The monoisotopic (exact) mass is 344 g/mol. The van der Waals surface area contributed by atoms with Gasteiger partial charge in [-0.25, -0.2) is 0 Å². The molecule has 1 aromatic rings. The highest BCUT2D eigenvalue weighted by Crippen LogP contribution is 2.35. The van der Waals surface area contributed by atoms with Crippen molar-refractivity contribution < 1.29 is 4.74 Å². The summed E-state index contributed by atoms with van der Waals surface area (Å²) in [5.74, 6) is 0.937. The average Bonchev–Trinajstić information content (AvgIpc) is 2.98. The summed E-state index contributed by atoms with van der Waals surface area (Å²) >= 11 is 2.47. The van der Waals surface area contributed by atoms with Crippen molar-refractivity contribution in [2.45, 2.75) is 18.5 Å². The summed E-state index contributed by atoms with van der Waals surface area (Å²) < 4.78 is 6.36. The molecule has 0 N–H and O–H groups in total. The smallest absolute Gasteiger partial charge is 0.119 e. The Labute approximate surface area is 116 Å².